The zero-order valence-corrected chi connectivity index (χ0v) is 23.6. The van der Waals surface area contributed by atoms with Gasteiger partial charge in [0.25, 0.3) is 0 Å². The van der Waals surface area contributed by atoms with Gasteiger partial charge in [-0.25, -0.2) is 9.13 Å². The largest absolute Gasteiger partial charge is 0.378 e. The summed E-state index contributed by atoms with van der Waals surface area (Å²) >= 11 is 3.72. The highest BCUT2D eigenvalue weighted by Crippen LogP contribution is 2.20. The van der Waals surface area contributed by atoms with Crippen LogP contribution in [0.15, 0.2) is 110 Å². The first kappa shape index (κ1) is 26.4. The molecule has 37 heavy (non-hydrogen) atoms. The third kappa shape index (κ3) is 7.64. The fourth-order valence-electron chi connectivity index (χ4n) is 3.97. The van der Waals surface area contributed by atoms with Gasteiger partial charge in [-0.3, -0.25) is 0 Å². The van der Waals surface area contributed by atoms with Crippen LogP contribution in [0.1, 0.15) is 22.3 Å². The van der Waals surface area contributed by atoms with Crippen LogP contribution in [0.4, 0.5) is 11.4 Å². The van der Waals surface area contributed by atoms with Crippen LogP contribution in [0.5, 0.6) is 0 Å². The molecule has 0 aliphatic carbocycles. The average molecular weight is 556 g/mol. The van der Waals surface area contributed by atoms with E-state index in [9.17, 15) is 0 Å². The van der Waals surface area contributed by atoms with Crippen molar-refractivity contribution in [3.63, 3.8) is 0 Å². The van der Waals surface area contributed by atoms with Crippen molar-refractivity contribution in [3.05, 3.63) is 132 Å². The van der Waals surface area contributed by atoms with Crippen molar-refractivity contribution >= 4 is 37.9 Å². The second kappa shape index (κ2) is 12.5. The van der Waals surface area contributed by atoms with Crippen molar-refractivity contribution in [2.75, 3.05) is 38.0 Å². The Labute approximate surface area is 229 Å². The Balaban J connectivity index is 1.32. The maximum absolute atomic E-state index is 3.72. The number of benzene rings is 2. The number of pyridine rings is 2. The van der Waals surface area contributed by atoms with Gasteiger partial charge in [0.05, 0.1) is 0 Å². The lowest BCUT2D eigenvalue weighted by Crippen LogP contribution is -2.33. The summed E-state index contributed by atoms with van der Waals surface area (Å²) in [5.41, 5.74) is 7.32. The Bertz CT molecular complexity index is 1340. The SMILES string of the molecule is CN(C)c1ccc(C[n+]2ccc(C=CC=C(Br)c3cc[n+](Cc4ccc(N(C)C)cc4)cc3)cc2)cc1. The van der Waals surface area contributed by atoms with Gasteiger partial charge in [-0.2, -0.15) is 0 Å². The molecule has 0 saturated carbocycles. The molecule has 0 radical (unpaired) electrons. The quantitative estimate of drug-likeness (QED) is 0.188. The molecule has 0 aliphatic rings. The summed E-state index contributed by atoms with van der Waals surface area (Å²) in [5, 5.41) is 0. The summed E-state index contributed by atoms with van der Waals surface area (Å²) < 4.78 is 5.45. The van der Waals surface area contributed by atoms with Gasteiger partial charge in [-0.15, -0.1) is 0 Å². The molecule has 2 aromatic carbocycles. The first-order valence-electron chi connectivity index (χ1n) is 12.4. The molecule has 0 aliphatic heterocycles. The van der Waals surface area contributed by atoms with Crippen LogP contribution in [-0.4, -0.2) is 28.2 Å². The monoisotopic (exact) mass is 554 g/mol. The number of hydrogen-bond acceptors (Lipinski definition) is 2. The highest BCUT2D eigenvalue weighted by Gasteiger charge is 2.06. The first-order valence-corrected chi connectivity index (χ1v) is 13.2. The molecule has 188 valence electrons. The molecule has 0 N–H and O–H groups in total. The van der Waals surface area contributed by atoms with Crippen LogP contribution in [-0.2, 0) is 13.1 Å². The van der Waals surface area contributed by atoms with E-state index in [1.165, 1.54) is 28.1 Å². The normalized spacial score (nSPS) is 11.6. The Hall–Kier alpha value is -3.70. The standard InChI is InChI=1S/C32H35BrN4/c1-34(2)30-12-8-27(9-13-30)24-36-20-16-26(17-21-36)6-5-7-32(33)29-18-22-37(23-19-29)25-28-10-14-31(15-11-28)35(3)4/h5-23H,24-25H2,1-4H3/q+2. The molecule has 2 aromatic heterocycles. The van der Waals surface area contributed by atoms with Crippen molar-refractivity contribution in [2.45, 2.75) is 13.1 Å². The molecule has 4 nitrogen and oxygen atoms in total. The fraction of sp³-hybridized carbons (Fsp3) is 0.188. The third-order valence-electron chi connectivity index (χ3n) is 6.25. The Kier molecular flexibility index (Phi) is 8.91. The highest BCUT2D eigenvalue weighted by atomic mass is 79.9. The molecule has 0 unspecified atom stereocenters. The van der Waals surface area contributed by atoms with E-state index in [2.05, 4.69) is 179 Å². The molecule has 2 heterocycles. The van der Waals surface area contributed by atoms with Crippen LogP contribution in [0.3, 0.4) is 0 Å². The topological polar surface area (TPSA) is 14.2 Å². The van der Waals surface area contributed by atoms with E-state index in [0.717, 1.165) is 23.1 Å². The summed E-state index contributed by atoms with van der Waals surface area (Å²) in [6.45, 7) is 1.71. The van der Waals surface area contributed by atoms with Crippen LogP contribution in [0.25, 0.3) is 10.6 Å². The minimum Gasteiger partial charge on any atom is -0.378 e. The van der Waals surface area contributed by atoms with Crippen LogP contribution in [0, 0.1) is 0 Å². The molecule has 4 aromatic rings. The van der Waals surface area contributed by atoms with Gasteiger partial charge in [-0.1, -0.05) is 52.3 Å². The maximum atomic E-state index is 3.72. The van der Waals surface area contributed by atoms with Gasteiger partial charge in [-0.05, 0) is 35.9 Å². The molecule has 0 saturated heterocycles. The molecule has 4 rings (SSSR count). The van der Waals surface area contributed by atoms with Crippen LogP contribution in [0.2, 0.25) is 0 Å². The molecule has 0 atom stereocenters. The van der Waals surface area contributed by atoms with E-state index in [1.807, 2.05) is 0 Å². The molecular formula is C32H35BrN4+2. The summed E-state index contributed by atoms with van der Waals surface area (Å²) in [6, 6.07) is 25.9. The number of anilines is 2. The molecule has 0 spiro atoms. The van der Waals surface area contributed by atoms with Crippen molar-refractivity contribution in [3.8, 4) is 0 Å². The Morgan fingerprint density at radius 1 is 0.649 bits per heavy atom. The zero-order valence-electron chi connectivity index (χ0n) is 22.1. The van der Waals surface area contributed by atoms with E-state index in [-0.39, 0.29) is 0 Å². The van der Waals surface area contributed by atoms with E-state index in [4.69, 9.17) is 0 Å². The van der Waals surface area contributed by atoms with Gasteiger partial charge in [0, 0.05) is 85.0 Å². The summed E-state index contributed by atoms with van der Waals surface area (Å²) in [5.74, 6) is 0. The van der Waals surface area contributed by atoms with Gasteiger partial charge in [0.2, 0.25) is 0 Å². The minimum atomic E-state index is 0.852. The third-order valence-corrected chi connectivity index (χ3v) is 6.97. The van der Waals surface area contributed by atoms with E-state index >= 15 is 0 Å². The van der Waals surface area contributed by atoms with E-state index in [1.54, 1.807) is 0 Å². The maximum Gasteiger partial charge on any atom is 0.173 e. The molecular weight excluding hydrogens is 520 g/mol. The van der Waals surface area contributed by atoms with Gasteiger partial charge >= 0.3 is 0 Å². The Morgan fingerprint density at radius 3 is 1.51 bits per heavy atom. The van der Waals surface area contributed by atoms with Gasteiger partial charge in [0.1, 0.15) is 0 Å². The first-order chi connectivity index (χ1) is 17.9. The second-order valence-electron chi connectivity index (χ2n) is 9.56. The number of halogens is 1. The molecule has 0 amide bonds. The van der Waals surface area contributed by atoms with Crippen molar-refractivity contribution < 1.29 is 9.13 Å². The molecule has 0 fully saturated rings. The van der Waals surface area contributed by atoms with Crippen molar-refractivity contribution in [1.29, 1.82) is 0 Å². The van der Waals surface area contributed by atoms with Crippen LogP contribution < -0.4 is 18.9 Å². The predicted molar refractivity (Wildman–Crippen MR) is 159 cm³/mol. The second-order valence-corrected chi connectivity index (χ2v) is 10.4. The lowest BCUT2D eigenvalue weighted by Gasteiger charge is -2.12. The van der Waals surface area contributed by atoms with Gasteiger partial charge in [0.15, 0.2) is 37.9 Å². The van der Waals surface area contributed by atoms with Crippen LogP contribution >= 0.6 is 15.9 Å². The number of hydrogen-bond donors (Lipinski definition) is 0. The summed E-state index contributed by atoms with van der Waals surface area (Å²) in [6.07, 6.45) is 14.8. The van der Waals surface area contributed by atoms with Crippen molar-refractivity contribution in [2.24, 2.45) is 0 Å². The average Bonchev–Trinajstić information content (AvgIpc) is 2.90. The van der Waals surface area contributed by atoms with Gasteiger partial charge < -0.3 is 9.80 Å². The highest BCUT2D eigenvalue weighted by molar-refractivity contribution is 9.15. The minimum absolute atomic E-state index is 0.852. The zero-order chi connectivity index (χ0) is 26.2. The van der Waals surface area contributed by atoms with E-state index < -0.39 is 0 Å². The smallest absolute Gasteiger partial charge is 0.173 e. The Morgan fingerprint density at radius 2 is 1.08 bits per heavy atom. The fourth-order valence-corrected chi connectivity index (χ4v) is 4.38. The van der Waals surface area contributed by atoms with Crippen molar-refractivity contribution in [1.82, 2.24) is 0 Å². The number of rotatable bonds is 9. The number of aromatic nitrogens is 2. The predicted octanol–water partition coefficient (Wildman–Crippen LogP) is 5.94. The number of allylic oxidation sites excluding steroid dienone is 2. The molecule has 0 bridgehead atoms. The molecule has 5 heteroatoms. The summed E-state index contributed by atoms with van der Waals surface area (Å²) in [4.78, 5) is 4.23. The lowest BCUT2D eigenvalue weighted by atomic mass is 10.2. The summed E-state index contributed by atoms with van der Waals surface area (Å²) in [7, 11) is 8.25. The lowest BCUT2D eigenvalue weighted by molar-refractivity contribution is -0.688. The number of nitrogens with zero attached hydrogens (tertiary/aromatic N) is 4. The van der Waals surface area contributed by atoms with E-state index in [0.29, 0.717) is 0 Å².